The predicted molar refractivity (Wildman–Crippen MR) is 58.2 cm³/mol. The first-order valence-electron chi connectivity index (χ1n) is 5.55. The van der Waals surface area contributed by atoms with Crippen LogP contribution in [0.2, 0.25) is 0 Å². The quantitative estimate of drug-likeness (QED) is 0.825. The zero-order valence-electron chi connectivity index (χ0n) is 8.28. The normalized spacial score (nSPS) is 35.3. The van der Waals surface area contributed by atoms with E-state index in [2.05, 4.69) is 15.7 Å². The fraction of sp³-hybridized carbons (Fsp3) is 0.727. The molecule has 1 aromatic heterocycles. The molecule has 2 aliphatic carbocycles. The Hall–Kier alpha value is -0.410. The molecule has 0 spiro atoms. The monoisotopic (exact) mass is 208 g/mol. The average molecular weight is 208 g/mol. The molecule has 3 heteroatoms. The van der Waals surface area contributed by atoms with Crippen LogP contribution < -0.4 is 5.32 Å². The maximum absolute atomic E-state index is 4.30. The van der Waals surface area contributed by atoms with Crippen molar-refractivity contribution in [2.75, 3.05) is 0 Å². The summed E-state index contributed by atoms with van der Waals surface area (Å²) < 4.78 is 0. The fourth-order valence-corrected chi connectivity index (χ4v) is 3.29. The number of nitrogens with zero attached hydrogens (tertiary/aromatic N) is 1. The van der Waals surface area contributed by atoms with Crippen LogP contribution >= 0.6 is 11.3 Å². The van der Waals surface area contributed by atoms with Crippen molar-refractivity contribution in [2.45, 2.75) is 38.3 Å². The summed E-state index contributed by atoms with van der Waals surface area (Å²) in [4.78, 5) is 4.30. The van der Waals surface area contributed by atoms with Crippen molar-refractivity contribution in [3.8, 4) is 0 Å². The second-order valence-corrected chi connectivity index (χ2v) is 5.48. The maximum Gasteiger partial charge on any atom is 0.106 e. The van der Waals surface area contributed by atoms with Crippen LogP contribution in [0.5, 0.6) is 0 Å². The van der Waals surface area contributed by atoms with E-state index in [1.165, 1.54) is 30.7 Å². The minimum absolute atomic E-state index is 0.789. The van der Waals surface area contributed by atoms with Gasteiger partial charge in [-0.3, -0.25) is 0 Å². The Kier molecular flexibility index (Phi) is 2.30. The number of hydrogen-bond acceptors (Lipinski definition) is 3. The highest BCUT2D eigenvalue weighted by Crippen LogP contribution is 2.49. The van der Waals surface area contributed by atoms with E-state index in [9.17, 15) is 0 Å². The molecular weight excluding hydrogens is 192 g/mol. The van der Waals surface area contributed by atoms with Crippen LogP contribution in [0, 0.1) is 11.8 Å². The summed E-state index contributed by atoms with van der Waals surface area (Å²) in [6, 6.07) is 0.789. The molecule has 0 bridgehead atoms. The third-order valence-electron chi connectivity index (χ3n) is 3.58. The summed E-state index contributed by atoms with van der Waals surface area (Å²) in [5.41, 5.74) is 0. The summed E-state index contributed by atoms with van der Waals surface area (Å²) in [6.07, 6.45) is 7.67. The predicted octanol–water partition coefficient (Wildman–Crippen LogP) is 2.42. The number of rotatable bonds is 3. The van der Waals surface area contributed by atoms with E-state index in [-0.39, 0.29) is 0 Å². The Morgan fingerprint density at radius 1 is 1.50 bits per heavy atom. The van der Waals surface area contributed by atoms with Gasteiger partial charge in [-0.25, -0.2) is 4.98 Å². The van der Waals surface area contributed by atoms with Crippen molar-refractivity contribution in [1.29, 1.82) is 0 Å². The van der Waals surface area contributed by atoms with Gasteiger partial charge < -0.3 is 5.32 Å². The summed E-state index contributed by atoms with van der Waals surface area (Å²) in [6.45, 7) is 0.978. The number of aromatic nitrogens is 1. The molecule has 0 aliphatic heterocycles. The molecular formula is C11H16N2S. The lowest BCUT2D eigenvalue weighted by molar-refractivity contribution is 0.352. The number of nitrogens with one attached hydrogen (secondary N) is 1. The standard InChI is InChI=1S/C11H16N2S/c1-2-8-6-9(8)10(3-1)13-7-11-12-4-5-14-11/h4-5,8-10,13H,1-3,6-7H2. The van der Waals surface area contributed by atoms with Gasteiger partial charge in [0.05, 0.1) is 0 Å². The van der Waals surface area contributed by atoms with Gasteiger partial charge in [-0.1, -0.05) is 12.8 Å². The molecule has 2 nitrogen and oxygen atoms in total. The van der Waals surface area contributed by atoms with Crippen LogP contribution in [0.4, 0.5) is 0 Å². The van der Waals surface area contributed by atoms with Crippen LogP contribution in [0.1, 0.15) is 30.7 Å². The van der Waals surface area contributed by atoms with E-state index in [0.717, 1.165) is 24.4 Å². The molecule has 14 heavy (non-hydrogen) atoms. The first kappa shape index (κ1) is 8.86. The molecule has 0 saturated heterocycles. The number of thiazole rings is 1. The van der Waals surface area contributed by atoms with Crippen molar-refractivity contribution >= 4 is 11.3 Å². The van der Waals surface area contributed by atoms with Gasteiger partial charge in [0.15, 0.2) is 0 Å². The Bertz CT molecular complexity index is 296. The summed E-state index contributed by atoms with van der Waals surface area (Å²) in [7, 11) is 0. The Morgan fingerprint density at radius 3 is 3.36 bits per heavy atom. The number of hydrogen-bond donors (Lipinski definition) is 1. The van der Waals surface area contributed by atoms with E-state index < -0.39 is 0 Å². The van der Waals surface area contributed by atoms with Crippen LogP contribution in [-0.2, 0) is 6.54 Å². The van der Waals surface area contributed by atoms with Crippen LogP contribution in [0.15, 0.2) is 11.6 Å². The summed E-state index contributed by atoms with van der Waals surface area (Å²) >= 11 is 1.75. The maximum atomic E-state index is 4.30. The Balaban J connectivity index is 1.52. The van der Waals surface area contributed by atoms with Crippen LogP contribution in [0.25, 0.3) is 0 Å². The molecule has 2 saturated carbocycles. The molecule has 0 amide bonds. The van der Waals surface area contributed by atoms with Crippen molar-refractivity contribution in [3.05, 3.63) is 16.6 Å². The minimum atomic E-state index is 0.789. The molecule has 2 fully saturated rings. The van der Waals surface area contributed by atoms with E-state index >= 15 is 0 Å². The van der Waals surface area contributed by atoms with Gasteiger partial charge in [-0.05, 0) is 24.7 Å². The second kappa shape index (κ2) is 3.63. The average Bonchev–Trinajstić information content (AvgIpc) is 2.83. The third-order valence-corrected chi connectivity index (χ3v) is 4.36. The fourth-order valence-electron chi connectivity index (χ4n) is 2.72. The van der Waals surface area contributed by atoms with E-state index in [1.54, 1.807) is 11.3 Å². The molecule has 0 radical (unpaired) electrons. The van der Waals surface area contributed by atoms with Gasteiger partial charge in [-0.15, -0.1) is 11.3 Å². The first-order valence-corrected chi connectivity index (χ1v) is 6.43. The van der Waals surface area contributed by atoms with Crippen molar-refractivity contribution in [3.63, 3.8) is 0 Å². The van der Waals surface area contributed by atoms with E-state index in [0.29, 0.717) is 0 Å². The molecule has 76 valence electrons. The van der Waals surface area contributed by atoms with Gasteiger partial charge >= 0.3 is 0 Å². The lowest BCUT2D eigenvalue weighted by atomic mass is 9.95. The van der Waals surface area contributed by atoms with Gasteiger partial charge in [0, 0.05) is 24.2 Å². The second-order valence-electron chi connectivity index (χ2n) is 4.50. The lowest BCUT2D eigenvalue weighted by Crippen LogP contribution is -2.33. The van der Waals surface area contributed by atoms with Gasteiger partial charge in [0.25, 0.3) is 0 Å². The Morgan fingerprint density at radius 2 is 2.50 bits per heavy atom. The first-order chi connectivity index (χ1) is 6.93. The lowest BCUT2D eigenvalue weighted by Gasteiger charge is -2.22. The minimum Gasteiger partial charge on any atom is -0.307 e. The van der Waals surface area contributed by atoms with Gasteiger partial charge in [-0.2, -0.15) is 0 Å². The van der Waals surface area contributed by atoms with E-state index in [1.807, 2.05) is 6.20 Å². The molecule has 1 N–H and O–H groups in total. The van der Waals surface area contributed by atoms with Gasteiger partial charge in [0.2, 0.25) is 0 Å². The molecule has 1 heterocycles. The third kappa shape index (κ3) is 1.71. The highest BCUT2D eigenvalue weighted by molar-refractivity contribution is 7.09. The molecule has 3 rings (SSSR count). The molecule has 2 aliphatic rings. The zero-order valence-corrected chi connectivity index (χ0v) is 9.09. The van der Waals surface area contributed by atoms with Crippen LogP contribution in [0.3, 0.4) is 0 Å². The Labute approximate surface area is 88.7 Å². The highest BCUT2D eigenvalue weighted by Gasteiger charge is 2.44. The molecule has 0 aromatic carbocycles. The van der Waals surface area contributed by atoms with Gasteiger partial charge in [0.1, 0.15) is 5.01 Å². The number of fused-ring (bicyclic) bond motifs is 1. The topological polar surface area (TPSA) is 24.9 Å². The van der Waals surface area contributed by atoms with Crippen molar-refractivity contribution in [1.82, 2.24) is 10.3 Å². The largest absolute Gasteiger partial charge is 0.307 e. The van der Waals surface area contributed by atoms with E-state index in [4.69, 9.17) is 0 Å². The van der Waals surface area contributed by atoms with Crippen LogP contribution in [-0.4, -0.2) is 11.0 Å². The smallest absolute Gasteiger partial charge is 0.106 e. The van der Waals surface area contributed by atoms with Crippen molar-refractivity contribution < 1.29 is 0 Å². The molecule has 1 aromatic rings. The highest BCUT2D eigenvalue weighted by atomic mass is 32.1. The van der Waals surface area contributed by atoms with Crippen molar-refractivity contribution in [2.24, 2.45) is 11.8 Å². The zero-order chi connectivity index (χ0) is 9.38. The molecule has 3 unspecified atom stereocenters. The molecule has 3 atom stereocenters. The summed E-state index contributed by atoms with van der Waals surface area (Å²) in [5.74, 6) is 2.07. The summed E-state index contributed by atoms with van der Waals surface area (Å²) in [5, 5.41) is 6.95. The SMILES string of the molecule is c1csc(CNC2CCCC3CC32)n1.